The van der Waals surface area contributed by atoms with Crippen molar-refractivity contribution in [1.29, 1.82) is 0 Å². The maximum atomic E-state index is 6.01. The first-order chi connectivity index (χ1) is 9.24. The number of benzene rings is 2. The van der Waals surface area contributed by atoms with Gasteiger partial charge >= 0.3 is 0 Å². The molecule has 0 aliphatic rings. The third kappa shape index (κ3) is 2.48. The molecule has 0 unspecified atom stereocenters. The van der Waals surface area contributed by atoms with Gasteiger partial charge in [0, 0.05) is 15.6 Å². The molecule has 0 bridgehead atoms. The van der Waals surface area contributed by atoms with Gasteiger partial charge in [-0.1, -0.05) is 41.4 Å². The lowest BCUT2D eigenvalue weighted by molar-refractivity contribution is 0.887. The van der Waals surface area contributed by atoms with E-state index in [0.29, 0.717) is 10.0 Å². The Labute approximate surface area is 120 Å². The SMILES string of the molecule is Clc1cccc(-c2ncnn2-c2cccc(Cl)c2)c1. The minimum atomic E-state index is 0.657. The van der Waals surface area contributed by atoms with Gasteiger partial charge in [0.1, 0.15) is 6.33 Å². The van der Waals surface area contributed by atoms with Crippen molar-refractivity contribution in [2.24, 2.45) is 0 Å². The number of halogens is 2. The van der Waals surface area contributed by atoms with Gasteiger partial charge in [-0.15, -0.1) is 0 Å². The summed E-state index contributed by atoms with van der Waals surface area (Å²) in [5, 5.41) is 5.56. The van der Waals surface area contributed by atoms with Crippen LogP contribution in [0.5, 0.6) is 0 Å². The fraction of sp³-hybridized carbons (Fsp3) is 0. The molecule has 2 aromatic carbocycles. The van der Waals surface area contributed by atoms with Crippen LogP contribution in [0.1, 0.15) is 0 Å². The Hall–Kier alpha value is -1.84. The molecule has 94 valence electrons. The smallest absolute Gasteiger partial charge is 0.163 e. The molecule has 0 aliphatic heterocycles. The van der Waals surface area contributed by atoms with E-state index in [1.165, 1.54) is 6.33 Å². The van der Waals surface area contributed by atoms with Gasteiger partial charge in [-0.25, -0.2) is 9.67 Å². The number of rotatable bonds is 2. The van der Waals surface area contributed by atoms with Gasteiger partial charge in [0.15, 0.2) is 5.82 Å². The van der Waals surface area contributed by atoms with Crippen LogP contribution in [0.4, 0.5) is 0 Å². The summed E-state index contributed by atoms with van der Waals surface area (Å²) in [7, 11) is 0. The zero-order valence-electron chi connectivity index (χ0n) is 9.79. The number of aromatic nitrogens is 3. The van der Waals surface area contributed by atoms with Crippen molar-refractivity contribution in [2.75, 3.05) is 0 Å². The number of hydrogen-bond donors (Lipinski definition) is 0. The number of hydrogen-bond acceptors (Lipinski definition) is 2. The first-order valence-corrected chi connectivity index (χ1v) is 6.41. The molecule has 3 rings (SSSR count). The molecular formula is C14H9Cl2N3. The van der Waals surface area contributed by atoms with E-state index in [1.807, 2.05) is 48.5 Å². The van der Waals surface area contributed by atoms with Gasteiger partial charge in [0.25, 0.3) is 0 Å². The summed E-state index contributed by atoms with van der Waals surface area (Å²) in [5.41, 5.74) is 1.77. The van der Waals surface area contributed by atoms with Crippen LogP contribution in [-0.2, 0) is 0 Å². The van der Waals surface area contributed by atoms with Crippen molar-refractivity contribution < 1.29 is 0 Å². The molecule has 1 heterocycles. The van der Waals surface area contributed by atoms with Crippen LogP contribution in [0.25, 0.3) is 17.1 Å². The van der Waals surface area contributed by atoms with Gasteiger partial charge in [-0.2, -0.15) is 5.10 Å². The van der Waals surface area contributed by atoms with Crippen molar-refractivity contribution in [1.82, 2.24) is 14.8 Å². The summed E-state index contributed by atoms with van der Waals surface area (Å²) in [6.45, 7) is 0. The Bertz CT molecular complexity index is 662. The fourth-order valence-corrected chi connectivity index (χ4v) is 2.24. The van der Waals surface area contributed by atoms with Crippen LogP contribution in [0.2, 0.25) is 10.0 Å². The second-order valence-corrected chi connectivity index (χ2v) is 4.86. The molecule has 0 atom stereocenters. The van der Waals surface area contributed by atoms with E-state index in [4.69, 9.17) is 23.2 Å². The summed E-state index contributed by atoms with van der Waals surface area (Å²) >= 11 is 12.0. The Morgan fingerprint density at radius 2 is 1.63 bits per heavy atom. The Balaban J connectivity index is 2.13. The molecule has 0 amide bonds. The van der Waals surface area contributed by atoms with Crippen molar-refractivity contribution in [3.63, 3.8) is 0 Å². The molecule has 3 nitrogen and oxygen atoms in total. The highest BCUT2D eigenvalue weighted by Gasteiger charge is 2.09. The van der Waals surface area contributed by atoms with E-state index in [0.717, 1.165) is 17.1 Å². The first kappa shape index (κ1) is 12.2. The standard InChI is InChI=1S/C14H9Cl2N3/c15-11-4-1-3-10(7-11)14-17-9-18-19(14)13-6-2-5-12(16)8-13/h1-9H. The van der Waals surface area contributed by atoms with E-state index in [1.54, 1.807) is 4.68 Å². The van der Waals surface area contributed by atoms with Gasteiger partial charge in [-0.3, -0.25) is 0 Å². The molecule has 0 saturated carbocycles. The molecule has 5 heteroatoms. The summed E-state index contributed by atoms with van der Waals surface area (Å²) in [4.78, 5) is 4.28. The third-order valence-electron chi connectivity index (χ3n) is 2.68. The Morgan fingerprint density at radius 3 is 2.37 bits per heavy atom. The van der Waals surface area contributed by atoms with Crippen molar-refractivity contribution in [3.8, 4) is 17.1 Å². The molecule has 0 fully saturated rings. The molecular weight excluding hydrogens is 281 g/mol. The highest BCUT2D eigenvalue weighted by Crippen LogP contribution is 2.23. The Morgan fingerprint density at radius 1 is 0.895 bits per heavy atom. The molecule has 0 N–H and O–H groups in total. The lowest BCUT2D eigenvalue weighted by Crippen LogP contribution is -1.99. The molecule has 0 radical (unpaired) electrons. The highest BCUT2D eigenvalue weighted by molar-refractivity contribution is 6.31. The molecule has 0 aliphatic carbocycles. The van der Waals surface area contributed by atoms with Gasteiger partial charge in [-0.05, 0) is 30.3 Å². The zero-order valence-corrected chi connectivity index (χ0v) is 11.3. The average molecular weight is 290 g/mol. The minimum absolute atomic E-state index is 0.657. The van der Waals surface area contributed by atoms with E-state index in [2.05, 4.69) is 10.1 Å². The maximum Gasteiger partial charge on any atom is 0.163 e. The average Bonchev–Trinajstić information content (AvgIpc) is 2.88. The van der Waals surface area contributed by atoms with Crippen LogP contribution in [0.3, 0.4) is 0 Å². The second kappa shape index (κ2) is 5.03. The van der Waals surface area contributed by atoms with E-state index < -0.39 is 0 Å². The zero-order chi connectivity index (χ0) is 13.2. The lowest BCUT2D eigenvalue weighted by atomic mass is 10.2. The quantitative estimate of drug-likeness (QED) is 0.706. The minimum Gasteiger partial charge on any atom is -0.215 e. The van der Waals surface area contributed by atoms with E-state index in [9.17, 15) is 0 Å². The van der Waals surface area contributed by atoms with Gasteiger partial charge in [0.05, 0.1) is 5.69 Å². The van der Waals surface area contributed by atoms with Crippen LogP contribution in [-0.4, -0.2) is 14.8 Å². The predicted molar refractivity (Wildman–Crippen MR) is 76.8 cm³/mol. The van der Waals surface area contributed by atoms with Crippen molar-refractivity contribution >= 4 is 23.2 Å². The monoisotopic (exact) mass is 289 g/mol. The highest BCUT2D eigenvalue weighted by atomic mass is 35.5. The van der Waals surface area contributed by atoms with E-state index >= 15 is 0 Å². The maximum absolute atomic E-state index is 6.01. The number of nitrogens with zero attached hydrogens (tertiary/aromatic N) is 3. The summed E-state index contributed by atoms with van der Waals surface area (Å²) in [6.07, 6.45) is 1.51. The summed E-state index contributed by atoms with van der Waals surface area (Å²) < 4.78 is 1.73. The topological polar surface area (TPSA) is 30.7 Å². The largest absolute Gasteiger partial charge is 0.215 e. The second-order valence-electron chi connectivity index (χ2n) is 3.99. The van der Waals surface area contributed by atoms with Crippen LogP contribution < -0.4 is 0 Å². The van der Waals surface area contributed by atoms with Crippen LogP contribution >= 0.6 is 23.2 Å². The fourth-order valence-electron chi connectivity index (χ4n) is 1.86. The first-order valence-electron chi connectivity index (χ1n) is 5.66. The predicted octanol–water partition coefficient (Wildman–Crippen LogP) is 4.24. The van der Waals surface area contributed by atoms with Crippen molar-refractivity contribution in [3.05, 3.63) is 64.9 Å². The van der Waals surface area contributed by atoms with Crippen molar-refractivity contribution in [2.45, 2.75) is 0 Å². The summed E-state index contributed by atoms with van der Waals surface area (Å²) in [6, 6.07) is 15.0. The lowest BCUT2D eigenvalue weighted by Gasteiger charge is -2.06. The van der Waals surface area contributed by atoms with Gasteiger partial charge in [0.2, 0.25) is 0 Å². The van der Waals surface area contributed by atoms with Gasteiger partial charge < -0.3 is 0 Å². The molecule has 0 spiro atoms. The molecule has 3 aromatic rings. The Kier molecular flexibility index (Phi) is 3.23. The molecule has 0 saturated heterocycles. The van der Waals surface area contributed by atoms with E-state index in [-0.39, 0.29) is 0 Å². The van der Waals surface area contributed by atoms with Crippen LogP contribution in [0.15, 0.2) is 54.9 Å². The van der Waals surface area contributed by atoms with Crippen LogP contribution in [0, 0.1) is 0 Å². The molecule has 19 heavy (non-hydrogen) atoms. The molecule has 1 aromatic heterocycles. The normalized spacial score (nSPS) is 10.6. The third-order valence-corrected chi connectivity index (χ3v) is 3.15. The summed E-state index contributed by atoms with van der Waals surface area (Å²) in [5.74, 6) is 0.727.